The molecule has 0 aromatic heterocycles. The Morgan fingerprint density at radius 2 is 1.83 bits per heavy atom. The lowest BCUT2D eigenvalue weighted by Crippen LogP contribution is -2.16. The van der Waals surface area contributed by atoms with Gasteiger partial charge >= 0.3 is 5.97 Å². The third-order valence-corrected chi connectivity index (χ3v) is 4.51. The van der Waals surface area contributed by atoms with E-state index >= 15 is 0 Å². The summed E-state index contributed by atoms with van der Waals surface area (Å²) in [6.45, 7) is 1.85. The molecular weight excluding hydrogens is 316 g/mol. The molecule has 23 heavy (non-hydrogen) atoms. The number of esters is 1. The number of nitrogens with zero attached hydrogens (tertiary/aromatic N) is 1. The van der Waals surface area contributed by atoms with Crippen LogP contribution in [0.1, 0.15) is 21.5 Å². The van der Waals surface area contributed by atoms with Gasteiger partial charge in [-0.1, -0.05) is 17.7 Å². The first-order valence-electron chi connectivity index (χ1n) is 6.59. The van der Waals surface area contributed by atoms with Gasteiger partial charge in [0.25, 0.3) is 10.0 Å². The van der Waals surface area contributed by atoms with E-state index in [1.165, 1.54) is 37.4 Å². The maximum absolute atomic E-state index is 12.4. The minimum Gasteiger partial charge on any atom is -0.465 e. The van der Waals surface area contributed by atoms with E-state index in [0.29, 0.717) is 0 Å². The van der Waals surface area contributed by atoms with E-state index in [0.717, 1.165) is 5.56 Å². The van der Waals surface area contributed by atoms with Crippen LogP contribution in [0.4, 0.5) is 5.69 Å². The predicted octanol–water partition coefficient (Wildman–Crippen LogP) is 2.45. The fraction of sp³-hybridized carbons (Fsp3) is 0.125. The third-order valence-electron chi connectivity index (χ3n) is 3.13. The number of hydrogen-bond acceptors (Lipinski definition) is 5. The standard InChI is InChI=1S/C16H14N2O4S/c1-11-3-6-13(7-4-11)23(20,21)18-15-8-5-12(10-17)9-14(15)16(19)22-2/h3-9,18H,1-2H3. The zero-order chi connectivity index (χ0) is 17.0. The Morgan fingerprint density at radius 1 is 1.17 bits per heavy atom. The highest BCUT2D eigenvalue weighted by molar-refractivity contribution is 7.92. The molecule has 6 nitrogen and oxygen atoms in total. The van der Waals surface area contributed by atoms with Gasteiger partial charge in [0.05, 0.1) is 34.9 Å². The molecule has 0 radical (unpaired) electrons. The molecular formula is C16H14N2O4S. The summed E-state index contributed by atoms with van der Waals surface area (Å²) in [6.07, 6.45) is 0. The van der Waals surface area contributed by atoms with E-state index in [9.17, 15) is 13.2 Å². The molecule has 2 aromatic rings. The number of rotatable bonds is 4. The summed E-state index contributed by atoms with van der Waals surface area (Å²) < 4.78 is 31.8. The predicted molar refractivity (Wildman–Crippen MR) is 84.5 cm³/mol. The topological polar surface area (TPSA) is 96.3 Å². The largest absolute Gasteiger partial charge is 0.465 e. The Labute approximate surface area is 134 Å². The van der Waals surface area contributed by atoms with Gasteiger partial charge in [0, 0.05) is 0 Å². The van der Waals surface area contributed by atoms with Crippen molar-refractivity contribution in [1.29, 1.82) is 5.26 Å². The molecule has 0 unspecified atom stereocenters. The minimum atomic E-state index is -3.85. The van der Waals surface area contributed by atoms with Crippen molar-refractivity contribution in [2.75, 3.05) is 11.8 Å². The molecule has 0 amide bonds. The van der Waals surface area contributed by atoms with Crippen molar-refractivity contribution < 1.29 is 17.9 Å². The first-order valence-corrected chi connectivity index (χ1v) is 8.07. The van der Waals surface area contributed by atoms with E-state index in [2.05, 4.69) is 9.46 Å². The molecule has 0 saturated heterocycles. The zero-order valence-corrected chi connectivity index (χ0v) is 13.3. The van der Waals surface area contributed by atoms with Gasteiger partial charge in [-0.15, -0.1) is 0 Å². The van der Waals surface area contributed by atoms with Crippen LogP contribution in [-0.2, 0) is 14.8 Å². The molecule has 2 rings (SSSR count). The quantitative estimate of drug-likeness (QED) is 0.869. The molecule has 1 N–H and O–H groups in total. The van der Waals surface area contributed by atoms with Crippen LogP contribution in [0.25, 0.3) is 0 Å². The second kappa shape index (κ2) is 6.50. The Balaban J connectivity index is 2.45. The van der Waals surface area contributed by atoms with Crippen LogP contribution in [0.3, 0.4) is 0 Å². The Kier molecular flexibility index (Phi) is 4.67. The minimum absolute atomic E-state index is 0.0257. The lowest BCUT2D eigenvalue weighted by atomic mass is 10.1. The summed E-state index contributed by atoms with van der Waals surface area (Å²) in [4.78, 5) is 11.9. The molecule has 0 saturated carbocycles. The Hall–Kier alpha value is -2.85. The molecule has 0 bridgehead atoms. The summed E-state index contributed by atoms with van der Waals surface area (Å²) >= 11 is 0. The van der Waals surface area contributed by atoms with Gasteiger partial charge in [-0.05, 0) is 37.3 Å². The van der Waals surface area contributed by atoms with Crippen molar-refractivity contribution in [3.05, 3.63) is 59.2 Å². The molecule has 0 spiro atoms. The number of anilines is 1. The summed E-state index contributed by atoms with van der Waals surface area (Å²) in [5.41, 5.74) is 1.18. The van der Waals surface area contributed by atoms with Gasteiger partial charge in [-0.2, -0.15) is 5.26 Å². The van der Waals surface area contributed by atoms with Gasteiger partial charge < -0.3 is 4.74 Å². The van der Waals surface area contributed by atoms with Crippen LogP contribution >= 0.6 is 0 Å². The van der Waals surface area contributed by atoms with Crippen LogP contribution in [0, 0.1) is 18.3 Å². The fourth-order valence-electron chi connectivity index (χ4n) is 1.90. The molecule has 2 aromatic carbocycles. The number of benzene rings is 2. The van der Waals surface area contributed by atoms with Crippen molar-refractivity contribution in [2.24, 2.45) is 0 Å². The number of carbonyl (C=O) groups excluding carboxylic acids is 1. The Morgan fingerprint density at radius 3 is 2.39 bits per heavy atom. The fourth-order valence-corrected chi connectivity index (χ4v) is 2.98. The number of sulfonamides is 1. The van der Waals surface area contributed by atoms with E-state index in [1.807, 2.05) is 13.0 Å². The lowest BCUT2D eigenvalue weighted by molar-refractivity contribution is 0.0602. The maximum Gasteiger partial charge on any atom is 0.340 e. The van der Waals surface area contributed by atoms with E-state index in [1.54, 1.807) is 12.1 Å². The first-order chi connectivity index (χ1) is 10.9. The number of ether oxygens (including phenoxy) is 1. The molecule has 0 heterocycles. The summed E-state index contributed by atoms with van der Waals surface area (Å²) in [7, 11) is -2.67. The number of methoxy groups -OCH3 is 1. The number of aryl methyl sites for hydroxylation is 1. The van der Waals surface area contributed by atoms with Crippen LogP contribution in [0.15, 0.2) is 47.4 Å². The number of hydrogen-bond donors (Lipinski definition) is 1. The van der Waals surface area contributed by atoms with E-state index in [-0.39, 0.29) is 21.7 Å². The van der Waals surface area contributed by atoms with Gasteiger partial charge in [0.2, 0.25) is 0 Å². The highest BCUT2D eigenvalue weighted by Crippen LogP contribution is 2.22. The average molecular weight is 330 g/mol. The average Bonchev–Trinajstić information content (AvgIpc) is 2.54. The molecule has 0 aliphatic carbocycles. The van der Waals surface area contributed by atoms with Gasteiger partial charge in [-0.3, -0.25) is 4.72 Å². The summed E-state index contributed by atoms with van der Waals surface area (Å²) in [5.74, 6) is -0.733. The molecule has 0 fully saturated rings. The molecule has 7 heteroatoms. The summed E-state index contributed by atoms with van der Waals surface area (Å²) in [5, 5.41) is 8.90. The van der Waals surface area contributed by atoms with Crippen molar-refractivity contribution in [3.8, 4) is 6.07 Å². The second-order valence-electron chi connectivity index (χ2n) is 4.78. The van der Waals surface area contributed by atoms with E-state index in [4.69, 9.17) is 5.26 Å². The smallest absolute Gasteiger partial charge is 0.340 e. The Bertz CT molecular complexity index is 881. The van der Waals surface area contributed by atoms with Crippen molar-refractivity contribution in [3.63, 3.8) is 0 Å². The van der Waals surface area contributed by atoms with Gasteiger partial charge in [-0.25, -0.2) is 13.2 Å². The second-order valence-corrected chi connectivity index (χ2v) is 6.46. The SMILES string of the molecule is COC(=O)c1cc(C#N)ccc1NS(=O)(=O)c1ccc(C)cc1. The van der Waals surface area contributed by atoms with Crippen molar-refractivity contribution in [1.82, 2.24) is 0 Å². The van der Waals surface area contributed by atoms with E-state index < -0.39 is 16.0 Å². The highest BCUT2D eigenvalue weighted by atomic mass is 32.2. The first kappa shape index (κ1) is 16.5. The van der Waals surface area contributed by atoms with Crippen LogP contribution in [0.2, 0.25) is 0 Å². The molecule has 0 aliphatic heterocycles. The molecule has 0 aliphatic rings. The third kappa shape index (κ3) is 3.67. The van der Waals surface area contributed by atoms with Crippen LogP contribution in [0.5, 0.6) is 0 Å². The van der Waals surface area contributed by atoms with Crippen molar-refractivity contribution >= 4 is 21.7 Å². The molecule has 0 atom stereocenters. The number of carbonyl (C=O) groups is 1. The van der Waals surface area contributed by atoms with Crippen molar-refractivity contribution in [2.45, 2.75) is 11.8 Å². The number of nitrogens with one attached hydrogen (secondary N) is 1. The normalized spacial score (nSPS) is 10.7. The lowest BCUT2D eigenvalue weighted by Gasteiger charge is -2.12. The molecule has 118 valence electrons. The number of nitriles is 1. The van der Waals surface area contributed by atoms with Gasteiger partial charge in [0.15, 0.2) is 0 Å². The van der Waals surface area contributed by atoms with Gasteiger partial charge in [0.1, 0.15) is 0 Å². The highest BCUT2D eigenvalue weighted by Gasteiger charge is 2.19. The summed E-state index contributed by atoms with van der Waals surface area (Å²) in [6, 6.07) is 12.2. The monoisotopic (exact) mass is 330 g/mol. The van der Waals surface area contributed by atoms with Crippen LogP contribution < -0.4 is 4.72 Å². The maximum atomic E-state index is 12.4. The van der Waals surface area contributed by atoms with Crippen LogP contribution in [-0.4, -0.2) is 21.5 Å². The zero-order valence-electron chi connectivity index (χ0n) is 12.5.